The molecule has 1 amide bonds. The van der Waals surface area contributed by atoms with Gasteiger partial charge < -0.3 is 25.4 Å². The topological polar surface area (TPSA) is 111 Å². The smallest absolute Gasteiger partial charge is 0.341 e. The van der Waals surface area contributed by atoms with Crippen LogP contribution in [0.3, 0.4) is 0 Å². The monoisotopic (exact) mass is 454 g/mol. The highest BCUT2D eigenvalue weighted by atomic mass is 35.5. The van der Waals surface area contributed by atoms with E-state index in [1.54, 1.807) is 0 Å². The predicted molar refractivity (Wildman–Crippen MR) is 112 cm³/mol. The molecule has 0 saturated carbocycles. The molecule has 3 fully saturated rings. The van der Waals surface area contributed by atoms with Gasteiger partial charge in [-0.3, -0.25) is 14.5 Å². The van der Waals surface area contributed by atoms with Gasteiger partial charge in [0.25, 0.3) is 11.7 Å². The Hall–Kier alpha value is -0.970. The highest BCUT2D eigenvalue weighted by Gasteiger charge is 2.38. The van der Waals surface area contributed by atoms with Crippen LogP contribution in [-0.2, 0) is 19.1 Å². The fourth-order valence-electron chi connectivity index (χ4n) is 4.09. The molecule has 9 nitrogen and oxygen atoms in total. The molecule has 29 heavy (non-hydrogen) atoms. The molecule has 3 aliphatic rings. The standard InChI is InChI=1S/C18H30N4O5.2ClH/c23-15(16(18(25)26)27-14-3-7-20-8-4-14)17(24)22-11-9-21(10-12-22)13-1-5-19-6-2-13;;/h13-14,16,19-20H,1-12H2,(H,25,26);2*1H. The van der Waals surface area contributed by atoms with Gasteiger partial charge in [-0.05, 0) is 51.9 Å². The summed E-state index contributed by atoms with van der Waals surface area (Å²) in [6.07, 6.45) is 1.46. The van der Waals surface area contributed by atoms with E-state index < -0.39 is 23.8 Å². The molecule has 3 aliphatic heterocycles. The molecule has 1 unspecified atom stereocenters. The van der Waals surface area contributed by atoms with Gasteiger partial charge in [-0.1, -0.05) is 0 Å². The molecule has 3 saturated heterocycles. The molecule has 168 valence electrons. The van der Waals surface area contributed by atoms with Crippen molar-refractivity contribution in [1.29, 1.82) is 0 Å². The lowest BCUT2D eigenvalue weighted by Gasteiger charge is -2.40. The Morgan fingerprint density at radius 3 is 1.90 bits per heavy atom. The molecule has 3 N–H and O–H groups in total. The summed E-state index contributed by atoms with van der Waals surface area (Å²) in [5.41, 5.74) is 0. The number of piperazine rings is 1. The van der Waals surface area contributed by atoms with Gasteiger partial charge in [0.05, 0.1) is 6.10 Å². The minimum absolute atomic E-state index is 0. The number of halogens is 2. The Bertz CT molecular complexity index is 548. The first-order valence-corrected chi connectivity index (χ1v) is 9.93. The molecule has 0 radical (unpaired) electrons. The van der Waals surface area contributed by atoms with Crippen LogP contribution in [0.4, 0.5) is 0 Å². The fourth-order valence-corrected chi connectivity index (χ4v) is 4.09. The van der Waals surface area contributed by atoms with Crippen molar-refractivity contribution in [2.75, 3.05) is 52.4 Å². The van der Waals surface area contributed by atoms with E-state index in [0.717, 1.165) is 52.1 Å². The minimum Gasteiger partial charge on any atom is -0.479 e. The van der Waals surface area contributed by atoms with Crippen LogP contribution in [0.15, 0.2) is 0 Å². The summed E-state index contributed by atoms with van der Waals surface area (Å²) in [5.74, 6) is -3.09. The second-order valence-corrected chi connectivity index (χ2v) is 7.48. The van der Waals surface area contributed by atoms with Gasteiger partial charge in [0.1, 0.15) is 0 Å². The zero-order chi connectivity index (χ0) is 19.2. The number of rotatable bonds is 6. The van der Waals surface area contributed by atoms with Crippen LogP contribution in [0.5, 0.6) is 0 Å². The van der Waals surface area contributed by atoms with Gasteiger partial charge in [0.2, 0.25) is 6.10 Å². The van der Waals surface area contributed by atoms with Crippen molar-refractivity contribution < 1.29 is 24.2 Å². The Balaban J connectivity index is 0.00000210. The zero-order valence-electron chi connectivity index (χ0n) is 16.5. The number of hydrogen-bond donors (Lipinski definition) is 3. The summed E-state index contributed by atoms with van der Waals surface area (Å²) in [5, 5.41) is 15.9. The predicted octanol–water partition coefficient (Wildman–Crippen LogP) is -0.483. The molecular formula is C18H32Cl2N4O5. The highest BCUT2D eigenvalue weighted by molar-refractivity contribution is 6.41. The second-order valence-electron chi connectivity index (χ2n) is 7.48. The van der Waals surface area contributed by atoms with E-state index in [1.165, 1.54) is 4.90 Å². The summed E-state index contributed by atoms with van der Waals surface area (Å²) in [4.78, 5) is 40.4. The van der Waals surface area contributed by atoms with Crippen LogP contribution in [0.1, 0.15) is 25.7 Å². The Morgan fingerprint density at radius 1 is 0.862 bits per heavy atom. The lowest BCUT2D eigenvalue weighted by Crippen LogP contribution is -2.56. The number of carbonyl (C=O) groups is 3. The molecule has 3 heterocycles. The van der Waals surface area contributed by atoms with E-state index in [0.29, 0.717) is 32.0 Å². The maximum atomic E-state index is 12.6. The Labute approximate surface area is 183 Å². The van der Waals surface area contributed by atoms with E-state index in [1.807, 2.05) is 0 Å². The van der Waals surface area contributed by atoms with E-state index in [2.05, 4.69) is 15.5 Å². The van der Waals surface area contributed by atoms with Crippen LogP contribution in [0, 0.1) is 0 Å². The number of aliphatic carboxylic acids is 1. The van der Waals surface area contributed by atoms with Gasteiger partial charge in [0, 0.05) is 32.2 Å². The average Bonchev–Trinajstić information content (AvgIpc) is 2.72. The van der Waals surface area contributed by atoms with Gasteiger partial charge in [0.15, 0.2) is 0 Å². The number of piperidine rings is 2. The molecule has 0 aromatic heterocycles. The van der Waals surface area contributed by atoms with Gasteiger partial charge in [-0.25, -0.2) is 4.79 Å². The third-order valence-electron chi connectivity index (χ3n) is 5.71. The molecule has 0 aromatic rings. The first-order valence-electron chi connectivity index (χ1n) is 9.93. The van der Waals surface area contributed by atoms with Crippen LogP contribution < -0.4 is 10.6 Å². The van der Waals surface area contributed by atoms with Crippen molar-refractivity contribution in [3.05, 3.63) is 0 Å². The van der Waals surface area contributed by atoms with Crippen LogP contribution in [0.25, 0.3) is 0 Å². The first kappa shape index (κ1) is 26.1. The lowest BCUT2D eigenvalue weighted by molar-refractivity contribution is -0.167. The third kappa shape index (κ3) is 7.04. The molecule has 1 atom stereocenters. The second kappa shape index (κ2) is 12.7. The van der Waals surface area contributed by atoms with Gasteiger partial charge >= 0.3 is 5.97 Å². The number of carbonyl (C=O) groups excluding carboxylic acids is 2. The van der Waals surface area contributed by atoms with E-state index in [9.17, 15) is 19.5 Å². The van der Waals surface area contributed by atoms with E-state index in [-0.39, 0.29) is 30.9 Å². The number of Topliss-reactive ketones (excluding diaryl/α,β-unsaturated/α-hetero) is 1. The van der Waals surface area contributed by atoms with Gasteiger partial charge in [-0.15, -0.1) is 24.8 Å². The van der Waals surface area contributed by atoms with Crippen molar-refractivity contribution in [2.45, 2.75) is 43.9 Å². The van der Waals surface area contributed by atoms with Crippen molar-refractivity contribution in [2.24, 2.45) is 0 Å². The number of carboxylic acid groups (broad SMARTS) is 1. The zero-order valence-corrected chi connectivity index (χ0v) is 18.1. The quantitative estimate of drug-likeness (QED) is 0.364. The maximum absolute atomic E-state index is 12.6. The van der Waals surface area contributed by atoms with Crippen molar-refractivity contribution in [1.82, 2.24) is 20.4 Å². The van der Waals surface area contributed by atoms with Crippen LogP contribution >= 0.6 is 24.8 Å². The number of carboxylic acids is 1. The number of ketones is 1. The maximum Gasteiger partial charge on any atom is 0.341 e. The number of nitrogens with zero attached hydrogens (tertiary/aromatic N) is 2. The van der Waals surface area contributed by atoms with Crippen molar-refractivity contribution >= 4 is 42.5 Å². The highest BCUT2D eigenvalue weighted by Crippen LogP contribution is 2.16. The summed E-state index contributed by atoms with van der Waals surface area (Å²) in [7, 11) is 0. The average molecular weight is 455 g/mol. The summed E-state index contributed by atoms with van der Waals surface area (Å²) < 4.78 is 5.49. The molecule has 0 spiro atoms. The van der Waals surface area contributed by atoms with E-state index in [4.69, 9.17) is 4.74 Å². The summed E-state index contributed by atoms with van der Waals surface area (Å²) in [6, 6.07) is 0.522. The fraction of sp³-hybridized carbons (Fsp3) is 0.833. The molecule has 0 aromatic carbocycles. The lowest BCUT2D eigenvalue weighted by atomic mass is 10.0. The Morgan fingerprint density at radius 2 is 1.38 bits per heavy atom. The molecular weight excluding hydrogens is 423 g/mol. The van der Waals surface area contributed by atoms with Gasteiger partial charge in [-0.2, -0.15) is 0 Å². The third-order valence-corrected chi connectivity index (χ3v) is 5.71. The number of nitrogens with one attached hydrogen (secondary N) is 2. The number of ether oxygens (including phenoxy) is 1. The van der Waals surface area contributed by atoms with Crippen molar-refractivity contribution in [3.8, 4) is 0 Å². The Kier molecular flexibility index (Phi) is 11.4. The number of amides is 1. The summed E-state index contributed by atoms with van der Waals surface area (Å²) >= 11 is 0. The number of hydrogen-bond acceptors (Lipinski definition) is 7. The van der Waals surface area contributed by atoms with E-state index >= 15 is 0 Å². The normalized spacial score (nSPS) is 22.8. The largest absolute Gasteiger partial charge is 0.479 e. The molecule has 3 rings (SSSR count). The minimum atomic E-state index is -1.71. The molecule has 11 heteroatoms. The molecule has 0 aliphatic carbocycles. The molecule has 0 bridgehead atoms. The first-order chi connectivity index (χ1) is 13.1. The van der Waals surface area contributed by atoms with Crippen LogP contribution in [0.2, 0.25) is 0 Å². The van der Waals surface area contributed by atoms with Crippen LogP contribution in [-0.4, -0.2) is 103 Å². The summed E-state index contributed by atoms with van der Waals surface area (Å²) in [6.45, 7) is 5.80. The van der Waals surface area contributed by atoms with Crippen molar-refractivity contribution in [3.63, 3.8) is 0 Å². The SMILES string of the molecule is Cl.Cl.O=C(O)C(OC1CCNCC1)C(=O)C(=O)N1CCN(C2CCNCC2)CC1.